The SMILES string of the molecule is N#Cc1ccccc1CSCCNC(=O)CCNc1ccc(S(N)(=O)=O)cc1[N+](=O)[O-]. The Balaban J connectivity index is 1.75. The molecule has 0 bridgehead atoms. The Morgan fingerprint density at radius 3 is 2.65 bits per heavy atom. The molecule has 31 heavy (non-hydrogen) atoms. The lowest BCUT2D eigenvalue weighted by atomic mass is 10.1. The molecule has 1 amide bonds. The van der Waals surface area contributed by atoms with E-state index in [1.165, 1.54) is 6.07 Å². The summed E-state index contributed by atoms with van der Waals surface area (Å²) in [6, 6.07) is 12.8. The van der Waals surface area contributed by atoms with Crippen molar-refractivity contribution in [3.63, 3.8) is 0 Å². The van der Waals surface area contributed by atoms with Crippen LogP contribution in [0.4, 0.5) is 11.4 Å². The van der Waals surface area contributed by atoms with Crippen LogP contribution in [0, 0.1) is 21.4 Å². The van der Waals surface area contributed by atoms with Crippen LogP contribution in [0.5, 0.6) is 0 Å². The first kappa shape index (κ1) is 24.1. The minimum Gasteiger partial charge on any atom is -0.379 e. The molecule has 0 saturated carbocycles. The highest BCUT2D eigenvalue weighted by Gasteiger charge is 2.19. The van der Waals surface area contributed by atoms with Gasteiger partial charge in [-0.2, -0.15) is 17.0 Å². The van der Waals surface area contributed by atoms with Crippen molar-refractivity contribution in [1.29, 1.82) is 5.26 Å². The number of primary sulfonamides is 1. The fourth-order valence-electron chi connectivity index (χ4n) is 2.59. The van der Waals surface area contributed by atoms with Crippen LogP contribution in [0.1, 0.15) is 17.5 Å². The molecule has 0 aliphatic heterocycles. The van der Waals surface area contributed by atoms with E-state index in [9.17, 15) is 23.3 Å². The fourth-order valence-corrected chi connectivity index (χ4v) is 3.98. The third-order valence-corrected chi connectivity index (χ3v) is 6.04. The van der Waals surface area contributed by atoms with E-state index >= 15 is 0 Å². The molecular formula is C19H21N5O5S2. The van der Waals surface area contributed by atoms with Crippen molar-refractivity contribution in [2.45, 2.75) is 17.1 Å². The number of rotatable bonds is 11. The van der Waals surface area contributed by atoms with Gasteiger partial charge in [-0.25, -0.2) is 13.6 Å². The van der Waals surface area contributed by atoms with E-state index in [0.717, 1.165) is 17.7 Å². The fraction of sp³-hybridized carbons (Fsp3) is 0.263. The minimum atomic E-state index is -4.06. The molecule has 0 aliphatic rings. The van der Waals surface area contributed by atoms with Crippen molar-refractivity contribution in [2.75, 3.05) is 24.2 Å². The lowest BCUT2D eigenvalue weighted by Crippen LogP contribution is -2.27. The van der Waals surface area contributed by atoms with Gasteiger partial charge in [-0.1, -0.05) is 18.2 Å². The van der Waals surface area contributed by atoms with E-state index in [1.54, 1.807) is 17.8 Å². The van der Waals surface area contributed by atoms with Crippen LogP contribution < -0.4 is 15.8 Å². The van der Waals surface area contributed by atoms with Crippen LogP contribution in [0.2, 0.25) is 0 Å². The average molecular weight is 464 g/mol. The Kier molecular flexibility index (Phi) is 8.80. The van der Waals surface area contributed by atoms with E-state index in [0.29, 0.717) is 23.6 Å². The van der Waals surface area contributed by atoms with Crippen LogP contribution in [0.3, 0.4) is 0 Å². The summed E-state index contributed by atoms with van der Waals surface area (Å²) in [6.45, 7) is 0.575. The summed E-state index contributed by atoms with van der Waals surface area (Å²) in [5.74, 6) is 1.10. The van der Waals surface area contributed by atoms with Crippen molar-refractivity contribution < 1.29 is 18.1 Å². The topological polar surface area (TPSA) is 168 Å². The van der Waals surface area contributed by atoms with Gasteiger partial charge in [-0.15, -0.1) is 0 Å². The van der Waals surface area contributed by atoms with Crippen molar-refractivity contribution in [2.24, 2.45) is 5.14 Å². The first-order chi connectivity index (χ1) is 14.7. The molecule has 0 saturated heterocycles. The number of nitrogens with zero attached hydrogens (tertiary/aromatic N) is 2. The Morgan fingerprint density at radius 2 is 1.97 bits per heavy atom. The van der Waals surface area contributed by atoms with Gasteiger partial charge >= 0.3 is 0 Å². The molecule has 0 heterocycles. The maximum absolute atomic E-state index is 11.9. The summed E-state index contributed by atoms with van der Waals surface area (Å²) < 4.78 is 22.7. The first-order valence-corrected chi connectivity index (χ1v) is 11.8. The van der Waals surface area contributed by atoms with Gasteiger partial charge < -0.3 is 10.6 Å². The number of carbonyl (C=O) groups excluding carboxylic acids is 1. The molecule has 4 N–H and O–H groups in total. The number of nitrogens with one attached hydrogen (secondary N) is 2. The number of thioether (sulfide) groups is 1. The summed E-state index contributed by atoms with van der Waals surface area (Å²) in [7, 11) is -4.06. The zero-order valence-electron chi connectivity index (χ0n) is 16.4. The molecule has 2 aromatic rings. The number of nitriles is 1. The smallest absolute Gasteiger partial charge is 0.293 e. The lowest BCUT2D eigenvalue weighted by molar-refractivity contribution is -0.384. The summed E-state index contributed by atoms with van der Waals surface area (Å²) in [4.78, 5) is 22.0. The molecule has 2 aromatic carbocycles. The Morgan fingerprint density at radius 1 is 1.23 bits per heavy atom. The molecule has 164 valence electrons. The zero-order chi connectivity index (χ0) is 22.9. The van der Waals surface area contributed by atoms with E-state index in [2.05, 4.69) is 16.7 Å². The first-order valence-electron chi connectivity index (χ1n) is 9.10. The third-order valence-electron chi connectivity index (χ3n) is 4.13. The van der Waals surface area contributed by atoms with Crippen molar-refractivity contribution in [3.8, 4) is 6.07 Å². The summed E-state index contributed by atoms with van der Waals surface area (Å²) in [5.41, 5.74) is 1.23. The third kappa shape index (κ3) is 7.56. The predicted molar refractivity (Wildman–Crippen MR) is 118 cm³/mol. The molecule has 0 radical (unpaired) electrons. The van der Waals surface area contributed by atoms with E-state index in [-0.39, 0.29) is 29.5 Å². The summed E-state index contributed by atoms with van der Waals surface area (Å²) in [5, 5.41) is 30.8. The van der Waals surface area contributed by atoms with Gasteiger partial charge in [0.2, 0.25) is 15.9 Å². The quantitative estimate of drug-likeness (QED) is 0.258. The highest BCUT2D eigenvalue weighted by atomic mass is 32.2. The van der Waals surface area contributed by atoms with Gasteiger partial charge in [0.15, 0.2) is 0 Å². The molecule has 12 heteroatoms. The maximum atomic E-state index is 11.9. The van der Waals surface area contributed by atoms with Crippen molar-refractivity contribution in [3.05, 3.63) is 63.7 Å². The Bertz CT molecular complexity index is 1100. The average Bonchev–Trinajstić information content (AvgIpc) is 2.73. The molecule has 0 unspecified atom stereocenters. The number of benzene rings is 2. The van der Waals surface area contributed by atoms with Crippen LogP contribution in [0.25, 0.3) is 0 Å². The van der Waals surface area contributed by atoms with Gasteiger partial charge in [0.1, 0.15) is 5.69 Å². The molecule has 0 atom stereocenters. The second-order valence-corrected chi connectivity index (χ2v) is 9.00. The lowest BCUT2D eigenvalue weighted by Gasteiger charge is -2.09. The number of nitrogens with two attached hydrogens (primary N) is 1. The number of sulfonamides is 1. The largest absolute Gasteiger partial charge is 0.379 e. The van der Waals surface area contributed by atoms with Crippen LogP contribution in [-0.4, -0.2) is 38.1 Å². The van der Waals surface area contributed by atoms with E-state index in [4.69, 9.17) is 10.4 Å². The number of nitro groups is 1. The second-order valence-electron chi connectivity index (χ2n) is 6.33. The number of nitro benzene ring substituents is 1. The van der Waals surface area contributed by atoms with Gasteiger partial charge in [0.05, 0.1) is 21.5 Å². The molecule has 2 rings (SSSR count). The zero-order valence-corrected chi connectivity index (χ0v) is 18.0. The summed E-state index contributed by atoms with van der Waals surface area (Å²) in [6.07, 6.45) is 0.0794. The highest BCUT2D eigenvalue weighted by Crippen LogP contribution is 2.27. The Labute approximate surface area is 184 Å². The minimum absolute atomic E-state index is 0.0794. The van der Waals surface area contributed by atoms with Crippen molar-refractivity contribution >= 4 is 39.1 Å². The van der Waals surface area contributed by atoms with E-state index < -0.39 is 20.6 Å². The highest BCUT2D eigenvalue weighted by molar-refractivity contribution is 7.98. The van der Waals surface area contributed by atoms with Gasteiger partial charge in [0.25, 0.3) is 5.69 Å². The number of hydrogen-bond donors (Lipinski definition) is 3. The standard InChI is InChI=1S/C19H21N5O5S2/c20-12-14-3-1-2-4-15(14)13-30-10-9-23-19(25)7-8-22-17-6-5-16(31(21,28)29)11-18(17)24(26)27/h1-6,11,22H,7-10,13H2,(H,23,25)(H2,21,28,29). The van der Waals surface area contributed by atoms with Gasteiger partial charge in [0, 0.05) is 37.1 Å². The molecule has 10 nitrogen and oxygen atoms in total. The molecule has 0 fully saturated rings. The van der Waals surface area contributed by atoms with Crippen LogP contribution in [-0.2, 0) is 20.6 Å². The van der Waals surface area contributed by atoms with E-state index in [1.807, 2.05) is 18.2 Å². The molecule has 0 spiro atoms. The number of hydrogen-bond acceptors (Lipinski definition) is 8. The summed E-state index contributed by atoms with van der Waals surface area (Å²) >= 11 is 1.59. The maximum Gasteiger partial charge on any atom is 0.293 e. The monoisotopic (exact) mass is 463 g/mol. The Hall–Kier alpha value is -3.14. The van der Waals surface area contributed by atoms with Gasteiger partial charge in [-0.05, 0) is 23.8 Å². The predicted octanol–water partition coefficient (Wildman–Crippen LogP) is 1.97. The van der Waals surface area contributed by atoms with Crippen LogP contribution >= 0.6 is 11.8 Å². The normalized spacial score (nSPS) is 10.8. The molecular weight excluding hydrogens is 442 g/mol. The number of carbonyl (C=O) groups is 1. The van der Waals surface area contributed by atoms with Crippen LogP contribution in [0.15, 0.2) is 47.4 Å². The number of anilines is 1. The molecule has 0 aromatic heterocycles. The second kappa shape index (κ2) is 11.3. The molecule has 0 aliphatic carbocycles. The number of amides is 1. The van der Waals surface area contributed by atoms with Gasteiger partial charge in [-0.3, -0.25) is 14.9 Å². The van der Waals surface area contributed by atoms with Crippen molar-refractivity contribution in [1.82, 2.24) is 5.32 Å².